The monoisotopic (exact) mass is 162 g/mol. The molecule has 0 spiro atoms. The highest BCUT2D eigenvalue weighted by Gasteiger charge is 1.93. The van der Waals surface area contributed by atoms with Gasteiger partial charge in [0.05, 0.1) is 5.69 Å². The van der Waals surface area contributed by atoms with Gasteiger partial charge >= 0.3 is 0 Å². The first kappa shape index (κ1) is 8.59. The quantitative estimate of drug-likeness (QED) is 0.486. The molecule has 0 unspecified atom stereocenters. The predicted molar refractivity (Wildman–Crippen MR) is 46.6 cm³/mol. The van der Waals surface area contributed by atoms with Crippen molar-refractivity contribution in [3.8, 4) is 0 Å². The Bertz CT molecular complexity index is 298. The Morgan fingerprint density at radius 1 is 1.33 bits per heavy atom. The first-order valence-corrected chi connectivity index (χ1v) is 3.66. The van der Waals surface area contributed by atoms with Gasteiger partial charge in [-0.25, -0.2) is 9.97 Å². The van der Waals surface area contributed by atoms with Crippen molar-refractivity contribution in [1.82, 2.24) is 9.97 Å². The van der Waals surface area contributed by atoms with Crippen molar-refractivity contribution in [2.45, 2.75) is 13.8 Å². The summed E-state index contributed by atoms with van der Waals surface area (Å²) in [5.41, 5.74) is 1.68. The third-order valence-corrected chi connectivity index (χ3v) is 1.33. The van der Waals surface area contributed by atoms with Crippen LogP contribution in [0.4, 0.5) is 0 Å². The van der Waals surface area contributed by atoms with Crippen LogP contribution in [0.3, 0.4) is 0 Å². The number of aromatic nitrogens is 2. The molecule has 0 radical (unpaired) electrons. The van der Waals surface area contributed by atoms with Gasteiger partial charge in [-0.2, -0.15) is 0 Å². The van der Waals surface area contributed by atoms with E-state index in [1.165, 1.54) is 6.08 Å². The molecule has 0 aromatic carbocycles. The van der Waals surface area contributed by atoms with E-state index in [1.54, 1.807) is 6.08 Å². The second-order valence-corrected chi connectivity index (χ2v) is 2.48. The van der Waals surface area contributed by atoms with Crippen LogP contribution in [-0.2, 0) is 4.79 Å². The van der Waals surface area contributed by atoms with Gasteiger partial charge in [0.15, 0.2) is 0 Å². The Morgan fingerprint density at radius 3 is 2.67 bits per heavy atom. The van der Waals surface area contributed by atoms with E-state index in [1.807, 2.05) is 19.9 Å². The maximum atomic E-state index is 10.0. The Kier molecular flexibility index (Phi) is 2.69. The fraction of sp³-hybridized carbons (Fsp3) is 0.222. The van der Waals surface area contributed by atoms with Gasteiger partial charge in [-0.05, 0) is 32.1 Å². The molecule has 0 saturated heterocycles. The third kappa shape index (κ3) is 2.27. The molecule has 0 aliphatic carbocycles. The normalized spacial score (nSPS) is 10.5. The fourth-order valence-corrected chi connectivity index (χ4v) is 0.969. The number of aryl methyl sites for hydroxylation is 2. The molecule has 1 heterocycles. The number of allylic oxidation sites excluding steroid dienone is 1. The Hall–Kier alpha value is -1.51. The summed E-state index contributed by atoms with van der Waals surface area (Å²) in [6.45, 7) is 3.72. The van der Waals surface area contributed by atoms with Gasteiger partial charge in [0.25, 0.3) is 0 Å². The summed E-state index contributed by atoms with van der Waals surface area (Å²) in [6, 6.07) is 1.83. The molecule has 0 aliphatic rings. The first-order valence-electron chi connectivity index (χ1n) is 3.66. The molecule has 1 aromatic heterocycles. The summed E-state index contributed by atoms with van der Waals surface area (Å²) in [6.07, 6.45) is 3.81. The van der Waals surface area contributed by atoms with Crippen LogP contribution in [0.2, 0.25) is 0 Å². The minimum Gasteiger partial charge on any atom is -0.299 e. The van der Waals surface area contributed by atoms with E-state index < -0.39 is 0 Å². The Labute approximate surface area is 71.2 Å². The lowest BCUT2D eigenvalue weighted by molar-refractivity contribution is -0.104. The van der Waals surface area contributed by atoms with Crippen molar-refractivity contribution in [3.63, 3.8) is 0 Å². The van der Waals surface area contributed by atoms with E-state index in [4.69, 9.17) is 0 Å². The second kappa shape index (κ2) is 3.76. The highest BCUT2D eigenvalue weighted by Crippen LogP contribution is 2.01. The van der Waals surface area contributed by atoms with Crippen molar-refractivity contribution in [3.05, 3.63) is 29.4 Å². The molecule has 1 rings (SSSR count). The summed E-state index contributed by atoms with van der Waals surface area (Å²) in [7, 11) is 0. The van der Waals surface area contributed by atoms with Crippen molar-refractivity contribution in [1.29, 1.82) is 0 Å². The standard InChI is InChI=1S/C9H10N2O/c1-7-6-9(4-3-5-12)11-8(2)10-7/h3-6H,1-2H3. The van der Waals surface area contributed by atoms with E-state index in [0.29, 0.717) is 0 Å². The minimum atomic E-state index is 0.723. The van der Waals surface area contributed by atoms with Crippen LogP contribution < -0.4 is 0 Å². The van der Waals surface area contributed by atoms with E-state index in [9.17, 15) is 4.79 Å². The zero-order chi connectivity index (χ0) is 8.97. The van der Waals surface area contributed by atoms with Gasteiger partial charge in [0.2, 0.25) is 0 Å². The third-order valence-electron chi connectivity index (χ3n) is 1.33. The molecule has 0 amide bonds. The molecule has 0 bridgehead atoms. The summed E-state index contributed by atoms with van der Waals surface area (Å²) in [4.78, 5) is 18.2. The van der Waals surface area contributed by atoms with Gasteiger partial charge in [0.1, 0.15) is 12.1 Å². The van der Waals surface area contributed by atoms with Crippen LogP contribution in [0.15, 0.2) is 12.1 Å². The molecule has 0 saturated carbocycles. The van der Waals surface area contributed by atoms with Crippen LogP contribution in [0.1, 0.15) is 17.2 Å². The molecule has 1 aromatic rings. The van der Waals surface area contributed by atoms with Crippen LogP contribution in [-0.4, -0.2) is 16.3 Å². The van der Waals surface area contributed by atoms with E-state index in [2.05, 4.69) is 9.97 Å². The highest BCUT2D eigenvalue weighted by molar-refractivity contribution is 5.72. The highest BCUT2D eigenvalue weighted by atomic mass is 16.1. The number of nitrogens with zero attached hydrogens (tertiary/aromatic N) is 2. The lowest BCUT2D eigenvalue weighted by atomic mass is 10.3. The largest absolute Gasteiger partial charge is 0.299 e. The molecular weight excluding hydrogens is 152 g/mol. The van der Waals surface area contributed by atoms with Crippen LogP contribution in [0.5, 0.6) is 0 Å². The first-order chi connectivity index (χ1) is 5.72. The molecule has 0 atom stereocenters. The zero-order valence-corrected chi connectivity index (χ0v) is 7.11. The fourth-order valence-electron chi connectivity index (χ4n) is 0.969. The lowest BCUT2D eigenvalue weighted by Crippen LogP contribution is -1.92. The van der Waals surface area contributed by atoms with Crippen molar-refractivity contribution >= 4 is 12.4 Å². The predicted octanol–water partition coefficient (Wildman–Crippen LogP) is 1.31. The molecule has 3 heteroatoms. The summed E-state index contributed by atoms with van der Waals surface area (Å²) in [5.74, 6) is 0.723. The molecule has 0 aliphatic heterocycles. The molecule has 3 nitrogen and oxygen atoms in total. The molecule has 0 N–H and O–H groups in total. The second-order valence-electron chi connectivity index (χ2n) is 2.48. The number of rotatable bonds is 2. The van der Waals surface area contributed by atoms with Crippen molar-refractivity contribution in [2.24, 2.45) is 0 Å². The maximum absolute atomic E-state index is 10.0. The number of hydrogen-bond acceptors (Lipinski definition) is 3. The molecule has 12 heavy (non-hydrogen) atoms. The Balaban J connectivity index is 3.00. The molecule has 62 valence electrons. The smallest absolute Gasteiger partial charge is 0.142 e. The Morgan fingerprint density at radius 2 is 2.08 bits per heavy atom. The lowest BCUT2D eigenvalue weighted by Gasteiger charge is -1.96. The number of carbonyl (C=O) groups is 1. The van der Waals surface area contributed by atoms with Gasteiger partial charge in [-0.1, -0.05) is 0 Å². The van der Waals surface area contributed by atoms with Crippen LogP contribution in [0.25, 0.3) is 6.08 Å². The SMILES string of the molecule is Cc1cc(C=CC=O)nc(C)n1. The van der Waals surface area contributed by atoms with E-state index >= 15 is 0 Å². The molecular formula is C9H10N2O. The van der Waals surface area contributed by atoms with E-state index in [-0.39, 0.29) is 0 Å². The number of aldehydes is 1. The summed E-state index contributed by atoms with van der Waals surface area (Å²) >= 11 is 0. The van der Waals surface area contributed by atoms with Crippen LogP contribution >= 0.6 is 0 Å². The zero-order valence-electron chi connectivity index (χ0n) is 7.11. The van der Waals surface area contributed by atoms with Gasteiger partial charge < -0.3 is 0 Å². The number of hydrogen-bond donors (Lipinski definition) is 0. The summed E-state index contributed by atoms with van der Waals surface area (Å²) in [5, 5.41) is 0. The van der Waals surface area contributed by atoms with Gasteiger partial charge in [-0.15, -0.1) is 0 Å². The molecule has 0 fully saturated rings. The van der Waals surface area contributed by atoms with Gasteiger partial charge in [0, 0.05) is 5.69 Å². The maximum Gasteiger partial charge on any atom is 0.142 e. The number of carbonyl (C=O) groups excluding carboxylic acids is 1. The average Bonchev–Trinajstić information content (AvgIpc) is 1.99. The van der Waals surface area contributed by atoms with Gasteiger partial charge in [-0.3, -0.25) is 4.79 Å². The summed E-state index contributed by atoms with van der Waals surface area (Å²) < 4.78 is 0. The average molecular weight is 162 g/mol. The van der Waals surface area contributed by atoms with Crippen LogP contribution in [0, 0.1) is 13.8 Å². The van der Waals surface area contributed by atoms with Crippen molar-refractivity contribution in [2.75, 3.05) is 0 Å². The topological polar surface area (TPSA) is 42.9 Å². The van der Waals surface area contributed by atoms with Crippen molar-refractivity contribution < 1.29 is 4.79 Å². The van der Waals surface area contributed by atoms with E-state index in [0.717, 1.165) is 23.5 Å². The minimum absolute atomic E-state index is 0.723.